The number of carbonyl (C=O) groups is 1. The van der Waals surface area contributed by atoms with Crippen molar-refractivity contribution in [2.45, 2.75) is 38.0 Å². The number of carbonyl (C=O) groups excluding carboxylic acids is 1. The highest BCUT2D eigenvalue weighted by molar-refractivity contribution is 5.86. The monoisotopic (exact) mass is 306 g/mol. The molecule has 1 aliphatic rings. The maximum atomic E-state index is 12.6. The lowest BCUT2D eigenvalue weighted by Crippen LogP contribution is -2.29. The predicted molar refractivity (Wildman–Crippen MR) is 66.5 cm³/mol. The third-order valence-electron chi connectivity index (χ3n) is 3.99. The van der Waals surface area contributed by atoms with Crippen LogP contribution in [-0.4, -0.2) is 24.4 Å². The summed E-state index contributed by atoms with van der Waals surface area (Å²) in [6.45, 7) is 0. The molecule has 2 rings (SSSR count). The van der Waals surface area contributed by atoms with Crippen LogP contribution in [-0.2, 0) is 4.74 Å². The molecule has 1 aromatic heterocycles. The summed E-state index contributed by atoms with van der Waals surface area (Å²) in [5.41, 5.74) is 0. The van der Waals surface area contributed by atoms with E-state index in [9.17, 15) is 23.1 Å². The zero-order valence-electron chi connectivity index (χ0n) is 11.5. The van der Waals surface area contributed by atoms with E-state index in [0.717, 1.165) is 0 Å². The topological polar surface area (TPSA) is 59.7 Å². The van der Waals surface area contributed by atoms with Crippen LogP contribution < -0.4 is 0 Å². The molecule has 1 heterocycles. The summed E-state index contributed by atoms with van der Waals surface area (Å²) < 4.78 is 47.5. The number of methoxy groups -OCH3 is 1. The van der Waals surface area contributed by atoms with E-state index >= 15 is 0 Å². The first-order chi connectivity index (χ1) is 9.82. The Bertz CT molecular complexity index is 487. The van der Waals surface area contributed by atoms with E-state index in [1.54, 1.807) is 0 Å². The Morgan fingerprint density at radius 2 is 1.95 bits per heavy atom. The first kappa shape index (κ1) is 15.9. The van der Waals surface area contributed by atoms with Gasteiger partial charge in [-0.2, -0.15) is 13.2 Å². The Balaban J connectivity index is 1.97. The van der Waals surface area contributed by atoms with Crippen LogP contribution in [0.1, 0.15) is 48.1 Å². The van der Waals surface area contributed by atoms with Gasteiger partial charge in [0.15, 0.2) is 0 Å². The Morgan fingerprint density at radius 1 is 1.33 bits per heavy atom. The minimum atomic E-state index is -4.17. The fraction of sp³-hybridized carbons (Fsp3) is 0.643. The lowest BCUT2D eigenvalue weighted by molar-refractivity contribution is -0.186. The highest BCUT2D eigenvalue weighted by Crippen LogP contribution is 2.43. The molecular formula is C14H17F3O4. The number of aliphatic hydroxyl groups is 1. The molecule has 0 spiro atoms. The zero-order chi connectivity index (χ0) is 15.6. The number of hydrogen-bond acceptors (Lipinski definition) is 4. The molecule has 7 heteroatoms. The second-order valence-electron chi connectivity index (χ2n) is 5.29. The molecule has 0 aliphatic heterocycles. The quantitative estimate of drug-likeness (QED) is 0.869. The average Bonchev–Trinajstić information content (AvgIpc) is 2.94. The van der Waals surface area contributed by atoms with Crippen molar-refractivity contribution in [3.63, 3.8) is 0 Å². The Hall–Kier alpha value is -1.50. The van der Waals surface area contributed by atoms with E-state index in [4.69, 9.17) is 4.42 Å². The molecule has 1 aromatic rings. The molecule has 1 N–H and O–H groups in total. The van der Waals surface area contributed by atoms with Crippen LogP contribution in [0, 0.1) is 11.8 Å². The summed E-state index contributed by atoms with van der Waals surface area (Å²) in [7, 11) is 1.21. The molecule has 0 saturated heterocycles. The molecule has 1 fully saturated rings. The van der Waals surface area contributed by atoms with E-state index in [2.05, 4.69) is 4.74 Å². The van der Waals surface area contributed by atoms with Crippen molar-refractivity contribution in [1.82, 2.24) is 0 Å². The Morgan fingerprint density at radius 3 is 2.48 bits per heavy atom. The summed E-state index contributed by atoms with van der Waals surface area (Å²) in [5, 5.41) is 10.2. The van der Waals surface area contributed by atoms with Gasteiger partial charge in [-0.15, -0.1) is 0 Å². The maximum Gasteiger partial charge on any atom is 0.391 e. The molecular weight excluding hydrogens is 289 g/mol. The Labute approximate surface area is 119 Å². The minimum absolute atomic E-state index is 0.00972. The summed E-state index contributed by atoms with van der Waals surface area (Å²) >= 11 is 0. The summed E-state index contributed by atoms with van der Waals surface area (Å²) in [4.78, 5) is 11.3. The number of ether oxygens (including phenoxy) is 1. The number of alkyl halides is 3. The van der Waals surface area contributed by atoms with Gasteiger partial charge in [0.1, 0.15) is 11.9 Å². The van der Waals surface area contributed by atoms with E-state index < -0.39 is 24.2 Å². The largest absolute Gasteiger partial charge is 0.463 e. The minimum Gasteiger partial charge on any atom is -0.463 e. The van der Waals surface area contributed by atoms with Crippen molar-refractivity contribution >= 4 is 5.97 Å². The Kier molecular flexibility index (Phi) is 4.61. The van der Waals surface area contributed by atoms with Gasteiger partial charge in [0, 0.05) is 0 Å². The van der Waals surface area contributed by atoms with Crippen LogP contribution in [0.25, 0.3) is 0 Å². The average molecular weight is 306 g/mol. The van der Waals surface area contributed by atoms with Crippen molar-refractivity contribution in [2.24, 2.45) is 11.8 Å². The molecule has 1 atom stereocenters. The van der Waals surface area contributed by atoms with Gasteiger partial charge in [-0.1, -0.05) is 0 Å². The van der Waals surface area contributed by atoms with Gasteiger partial charge in [-0.05, 0) is 43.7 Å². The van der Waals surface area contributed by atoms with Gasteiger partial charge in [0.05, 0.1) is 13.0 Å². The highest BCUT2D eigenvalue weighted by Gasteiger charge is 2.42. The van der Waals surface area contributed by atoms with Crippen LogP contribution >= 0.6 is 0 Å². The normalized spacial score (nSPS) is 24.6. The van der Waals surface area contributed by atoms with E-state index in [-0.39, 0.29) is 43.1 Å². The van der Waals surface area contributed by atoms with Gasteiger partial charge < -0.3 is 14.3 Å². The SMILES string of the molecule is COC(=O)c1ccc(C(O)C2CCC(C(F)(F)F)CC2)o1. The summed E-state index contributed by atoms with van der Waals surface area (Å²) in [5.74, 6) is -2.08. The van der Waals surface area contributed by atoms with Gasteiger partial charge in [0.25, 0.3) is 0 Å². The van der Waals surface area contributed by atoms with Crippen molar-refractivity contribution < 1.29 is 32.2 Å². The van der Waals surface area contributed by atoms with Crippen LogP contribution in [0.2, 0.25) is 0 Å². The second kappa shape index (κ2) is 6.09. The number of halogens is 3. The van der Waals surface area contributed by atoms with Crippen molar-refractivity contribution in [2.75, 3.05) is 7.11 Å². The summed E-state index contributed by atoms with van der Waals surface area (Å²) in [6.07, 6.45) is -4.60. The lowest BCUT2D eigenvalue weighted by atomic mass is 9.78. The summed E-state index contributed by atoms with van der Waals surface area (Å²) in [6, 6.07) is 2.83. The van der Waals surface area contributed by atoms with Crippen LogP contribution in [0.15, 0.2) is 16.5 Å². The number of furan rings is 1. The fourth-order valence-electron chi connectivity index (χ4n) is 2.72. The number of rotatable bonds is 3. The van der Waals surface area contributed by atoms with Crippen molar-refractivity contribution in [3.8, 4) is 0 Å². The van der Waals surface area contributed by atoms with Gasteiger partial charge in [0.2, 0.25) is 5.76 Å². The maximum absolute atomic E-state index is 12.6. The smallest absolute Gasteiger partial charge is 0.391 e. The zero-order valence-corrected chi connectivity index (χ0v) is 11.5. The van der Waals surface area contributed by atoms with Gasteiger partial charge in [-0.3, -0.25) is 0 Å². The van der Waals surface area contributed by atoms with Gasteiger partial charge >= 0.3 is 12.1 Å². The van der Waals surface area contributed by atoms with Crippen LogP contribution in [0.5, 0.6) is 0 Å². The molecule has 0 radical (unpaired) electrons. The molecule has 0 bridgehead atoms. The standard InChI is InChI=1S/C14H17F3O4/c1-20-13(19)11-7-6-10(21-11)12(18)8-2-4-9(5-3-8)14(15,16)17/h6-9,12,18H,2-5H2,1H3. The first-order valence-corrected chi connectivity index (χ1v) is 6.75. The molecule has 1 saturated carbocycles. The third-order valence-corrected chi connectivity index (χ3v) is 3.99. The lowest BCUT2D eigenvalue weighted by Gasteiger charge is -2.31. The molecule has 118 valence electrons. The van der Waals surface area contributed by atoms with Gasteiger partial charge in [-0.25, -0.2) is 4.79 Å². The van der Waals surface area contributed by atoms with Crippen molar-refractivity contribution in [3.05, 3.63) is 23.7 Å². The van der Waals surface area contributed by atoms with Crippen LogP contribution in [0.4, 0.5) is 13.2 Å². The van der Waals surface area contributed by atoms with Crippen LogP contribution in [0.3, 0.4) is 0 Å². The molecule has 1 aliphatic carbocycles. The number of hydrogen-bond donors (Lipinski definition) is 1. The predicted octanol–water partition coefficient (Wildman–Crippen LogP) is 3.47. The second-order valence-corrected chi connectivity index (χ2v) is 5.29. The molecule has 0 amide bonds. The molecule has 4 nitrogen and oxygen atoms in total. The molecule has 21 heavy (non-hydrogen) atoms. The molecule has 1 unspecified atom stereocenters. The first-order valence-electron chi connectivity index (χ1n) is 6.75. The fourth-order valence-corrected chi connectivity index (χ4v) is 2.72. The van der Waals surface area contributed by atoms with E-state index in [1.807, 2.05) is 0 Å². The number of esters is 1. The molecule has 0 aromatic carbocycles. The van der Waals surface area contributed by atoms with Crippen molar-refractivity contribution in [1.29, 1.82) is 0 Å². The van der Waals surface area contributed by atoms with E-state index in [0.29, 0.717) is 0 Å². The highest BCUT2D eigenvalue weighted by atomic mass is 19.4. The number of aliphatic hydroxyl groups excluding tert-OH is 1. The van der Waals surface area contributed by atoms with E-state index in [1.165, 1.54) is 19.2 Å². The third kappa shape index (κ3) is 3.58.